The minimum atomic E-state index is -0.124. The molecule has 0 spiro atoms. The van der Waals surface area contributed by atoms with Crippen LogP contribution in [0.1, 0.15) is 31.2 Å². The normalized spacial score (nSPS) is 10.1. The summed E-state index contributed by atoms with van der Waals surface area (Å²) in [4.78, 5) is 11.3. The zero-order valence-electron chi connectivity index (χ0n) is 9.52. The van der Waals surface area contributed by atoms with E-state index in [4.69, 9.17) is 10.5 Å². The number of benzene rings is 1. The first-order valence-electron chi connectivity index (χ1n) is 5.72. The minimum Gasteiger partial charge on any atom is -0.461 e. The Hall–Kier alpha value is -1.35. The van der Waals surface area contributed by atoms with Gasteiger partial charge in [-0.3, -0.25) is 4.79 Å². The molecule has 0 heterocycles. The fraction of sp³-hybridized carbons (Fsp3) is 0.462. The lowest BCUT2D eigenvalue weighted by atomic mass is 10.2. The molecule has 0 aliphatic rings. The third-order valence-corrected chi connectivity index (χ3v) is 2.33. The van der Waals surface area contributed by atoms with Crippen LogP contribution in [0, 0.1) is 0 Å². The van der Waals surface area contributed by atoms with Gasteiger partial charge in [0.2, 0.25) is 0 Å². The van der Waals surface area contributed by atoms with E-state index in [1.165, 1.54) is 0 Å². The number of unbranched alkanes of at least 4 members (excludes halogenated alkanes) is 2. The molecule has 0 unspecified atom stereocenters. The Balaban J connectivity index is 2.11. The van der Waals surface area contributed by atoms with Crippen molar-refractivity contribution >= 4 is 5.97 Å². The van der Waals surface area contributed by atoms with Gasteiger partial charge in [-0.1, -0.05) is 30.3 Å². The summed E-state index contributed by atoms with van der Waals surface area (Å²) in [6, 6.07) is 9.70. The molecule has 87 valence electrons. The number of carbonyl (C=O) groups excluding carboxylic acids is 1. The van der Waals surface area contributed by atoms with Gasteiger partial charge in [-0.2, -0.15) is 5.73 Å². The Bertz CT molecular complexity index is 298. The lowest BCUT2D eigenvalue weighted by Crippen LogP contribution is -2.50. The zero-order chi connectivity index (χ0) is 11.6. The average molecular weight is 221 g/mol. The molecule has 3 heteroatoms. The standard InChI is InChI=1S/C13H19NO2/c14-10-6-2-5-9-13(15)16-11-12-7-3-1-4-8-12/h1,3-4,7-8H,2,5-6,9-11,14H2/q+1. The van der Waals surface area contributed by atoms with E-state index in [0.717, 1.165) is 24.8 Å². The number of esters is 1. The minimum absolute atomic E-state index is 0.124. The van der Waals surface area contributed by atoms with E-state index >= 15 is 0 Å². The Morgan fingerprint density at radius 2 is 1.88 bits per heavy atom. The van der Waals surface area contributed by atoms with Crippen LogP contribution in [-0.4, -0.2) is 12.5 Å². The topological polar surface area (TPSA) is 51.6 Å². The number of hydrogen-bond acceptors (Lipinski definition) is 3. The first-order valence-corrected chi connectivity index (χ1v) is 5.72. The smallest absolute Gasteiger partial charge is 0.306 e. The fourth-order valence-electron chi connectivity index (χ4n) is 1.40. The molecule has 3 nitrogen and oxygen atoms in total. The highest BCUT2D eigenvalue weighted by Gasteiger charge is 2.02. The predicted octanol–water partition coefficient (Wildman–Crippen LogP) is 1.32. The predicted molar refractivity (Wildman–Crippen MR) is 61.5 cm³/mol. The van der Waals surface area contributed by atoms with Crippen LogP contribution >= 0.6 is 0 Å². The first-order chi connectivity index (χ1) is 7.83. The van der Waals surface area contributed by atoms with E-state index < -0.39 is 0 Å². The number of carbonyl (C=O) groups is 1. The van der Waals surface area contributed by atoms with Gasteiger partial charge in [0.05, 0.1) is 0 Å². The van der Waals surface area contributed by atoms with Gasteiger partial charge in [-0.05, 0) is 18.4 Å². The largest absolute Gasteiger partial charge is 0.461 e. The van der Waals surface area contributed by atoms with Gasteiger partial charge in [0.15, 0.2) is 0 Å². The third-order valence-electron chi connectivity index (χ3n) is 2.33. The van der Waals surface area contributed by atoms with Crippen LogP contribution in [0.25, 0.3) is 0 Å². The summed E-state index contributed by atoms with van der Waals surface area (Å²) in [6.07, 6.45) is 3.33. The van der Waals surface area contributed by atoms with Crippen LogP contribution in [0.15, 0.2) is 30.3 Å². The summed E-state index contributed by atoms with van der Waals surface area (Å²) in [7, 11) is 0. The molecule has 0 fully saturated rings. The van der Waals surface area contributed by atoms with E-state index in [-0.39, 0.29) is 5.97 Å². The van der Waals surface area contributed by atoms with Crippen molar-refractivity contribution in [2.24, 2.45) is 0 Å². The highest BCUT2D eigenvalue weighted by molar-refractivity contribution is 5.69. The lowest BCUT2D eigenvalue weighted by Gasteiger charge is -2.04. The van der Waals surface area contributed by atoms with Crippen molar-refractivity contribution in [3.05, 3.63) is 35.9 Å². The molecule has 0 bridgehead atoms. The van der Waals surface area contributed by atoms with E-state index in [0.29, 0.717) is 19.6 Å². The van der Waals surface area contributed by atoms with Crippen LogP contribution in [0.2, 0.25) is 0 Å². The van der Waals surface area contributed by atoms with Crippen molar-refractivity contribution in [1.82, 2.24) is 0 Å². The Morgan fingerprint density at radius 1 is 1.12 bits per heavy atom. The summed E-state index contributed by atoms with van der Waals surface area (Å²) < 4.78 is 5.14. The molecule has 0 saturated carbocycles. The Labute approximate surface area is 96.6 Å². The van der Waals surface area contributed by atoms with Gasteiger partial charge in [0.25, 0.3) is 0 Å². The Kier molecular flexibility index (Phi) is 6.26. The SMILES string of the molecule is [NH2+]CCCCCC(=O)OCc1ccccc1. The van der Waals surface area contributed by atoms with Gasteiger partial charge in [0, 0.05) is 12.8 Å². The van der Waals surface area contributed by atoms with Gasteiger partial charge in [-0.15, -0.1) is 0 Å². The number of nitrogens with two attached hydrogens (primary N) is 1. The van der Waals surface area contributed by atoms with Crippen molar-refractivity contribution in [3.8, 4) is 0 Å². The summed E-state index contributed by atoms with van der Waals surface area (Å²) in [5.41, 5.74) is 6.39. The maximum atomic E-state index is 11.3. The summed E-state index contributed by atoms with van der Waals surface area (Å²) in [5, 5.41) is 0. The fourth-order valence-corrected chi connectivity index (χ4v) is 1.40. The second-order valence-corrected chi connectivity index (χ2v) is 3.75. The number of ether oxygens (including phenoxy) is 1. The molecule has 16 heavy (non-hydrogen) atoms. The molecule has 1 aromatic carbocycles. The van der Waals surface area contributed by atoms with Crippen LogP contribution in [0.4, 0.5) is 0 Å². The second kappa shape index (κ2) is 7.88. The maximum absolute atomic E-state index is 11.3. The van der Waals surface area contributed by atoms with E-state index in [2.05, 4.69) is 0 Å². The molecule has 0 aliphatic heterocycles. The van der Waals surface area contributed by atoms with Gasteiger partial charge < -0.3 is 4.74 Å². The average Bonchev–Trinajstić information content (AvgIpc) is 2.33. The lowest BCUT2D eigenvalue weighted by molar-refractivity contribution is -0.368. The highest BCUT2D eigenvalue weighted by Crippen LogP contribution is 2.04. The van der Waals surface area contributed by atoms with Gasteiger partial charge in [-0.25, -0.2) is 0 Å². The van der Waals surface area contributed by atoms with Crippen LogP contribution in [0.5, 0.6) is 0 Å². The summed E-state index contributed by atoms with van der Waals surface area (Å²) >= 11 is 0. The molecule has 1 aromatic rings. The van der Waals surface area contributed by atoms with E-state index in [9.17, 15) is 4.79 Å². The summed E-state index contributed by atoms with van der Waals surface area (Å²) in [5.74, 6) is -0.124. The van der Waals surface area contributed by atoms with Gasteiger partial charge >= 0.3 is 5.97 Å². The molecule has 0 aliphatic carbocycles. The molecule has 0 aromatic heterocycles. The van der Waals surface area contributed by atoms with Crippen LogP contribution < -0.4 is 5.73 Å². The Morgan fingerprint density at radius 3 is 2.56 bits per heavy atom. The molecular formula is C13H19NO2+. The molecule has 0 saturated heterocycles. The van der Waals surface area contributed by atoms with Crippen LogP contribution in [-0.2, 0) is 16.1 Å². The quantitative estimate of drug-likeness (QED) is 0.557. The molecule has 0 amide bonds. The molecule has 0 atom stereocenters. The van der Waals surface area contributed by atoms with E-state index in [1.54, 1.807) is 0 Å². The molecule has 1 rings (SSSR count). The van der Waals surface area contributed by atoms with Gasteiger partial charge in [0.1, 0.15) is 13.2 Å². The highest BCUT2D eigenvalue weighted by atomic mass is 16.5. The van der Waals surface area contributed by atoms with Crippen molar-refractivity contribution in [1.29, 1.82) is 0 Å². The van der Waals surface area contributed by atoms with Crippen molar-refractivity contribution in [2.75, 3.05) is 6.54 Å². The van der Waals surface area contributed by atoms with Crippen molar-refractivity contribution in [2.45, 2.75) is 32.3 Å². The van der Waals surface area contributed by atoms with Crippen molar-refractivity contribution in [3.63, 3.8) is 0 Å². The van der Waals surface area contributed by atoms with E-state index in [1.807, 2.05) is 30.3 Å². The monoisotopic (exact) mass is 221 g/mol. The second-order valence-electron chi connectivity index (χ2n) is 3.75. The van der Waals surface area contributed by atoms with Crippen molar-refractivity contribution < 1.29 is 15.3 Å². The number of hydrogen-bond donors (Lipinski definition) is 1. The molecule has 2 N–H and O–H groups in total. The number of rotatable bonds is 7. The summed E-state index contributed by atoms with van der Waals surface area (Å²) in [6.45, 7) is 1.07. The zero-order valence-corrected chi connectivity index (χ0v) is 9.52. The molecular weight excluding hydrogens is 202 g/mol. The third kappa shape index (κ3) is 5.51. The van der Waals surface area contributed by atoms with Crippen LogP contribution in [0.3, 0.4) is 0 Å². The first kappa shape index (κ1) is 12.7. The molecule has 1 radical (unpaired) electrons. The maximum Gasteiger partial charge on any atom is 0.306 e.